The zero-order valence-electron chi connectivity index (χ0n) is 14.9. The van der Waals surface area contributed by atoms with Crippen LogP contribution < -0.4 is 4.80 Å². The van der Waals surface area contributed by atoms with E-state index in [0.717, 1.165) is 29.7 Å². The molecule has 8 heteroatoms. The fraction of sp³-hybridized carbons (Fsp3) is 0.500. The normalized spacial score (nSPS) is 18.5. The van der Waals surface area contributed by atoms with E-state index in [1.165, 1.54) is 29.5 Å². The highest BCUT2D eigenvalue weighted by atomic mass is 35.5. The predicted molar refractivity (Wildman–Crippen MR) is 109 cm³/mol. The summed E-state index contributed by atoms with van der Waals surface area (Å²) in [6, 6.07) is 5.62. The molecule has 3 rings (SSSR count). The Morgan fingerprint density at radius 2 is 2.19 bits per heavy atom. The molecule has 0 aliphatic carbocycles. The van der Waals surface area contributed by atoms with E-state index in [1.807, 2.05) is 34.7 Å². The molecule has 0 N–H and O–H groups in total. The summed E-state index contributed by atoms with van der Waals surface area (Å²) in [6.07, 6.45) is 2.25. The number of rotatable bonds is 4. The second-order valence-electron chi connectivity index (χ2n) is 6.64. The van der Waals surface area contributed by atoms with Gasteiger partial charge in [-0.05, 0) is 37.0 Å². The molecule has 0 saturated carbocycles. The molecule has 2 amide bonds. The first-order valence-electron chi connectivity index (χ1n) is 8.62. The number of piperidine rings is 1. The van der Waals surface area contributed by atoms with Crippen molar-refractivity contribution in [2.45, 2.75) is 19.8 Å². The standard InChI is InChI=1S/C18H22ClN3O2S2/c1-12-4-3-7-22(9-12)17(24)11-25-10-16(23)20-18-21(2)14-6-5-13(19)8-15(14)26-18/h5-6,8,12H,3-4,7,9-11H2,1-2H3/t12-/m0/s1. The van der Waals surface area contributed by atoms with E-state index in [0.29, 0.717) is 21.5 Å². The zero-order chi connectivity index (χ0) is 18.7. The molecule has 1 aliphatic heterocycles. The second kappa shape index (κ2) is 8.59. The van der Waals surface area contributed by atoms with Gasteiger partial charge < -0.3 is 9.47 Å². The topological polar surface area (TPSA) is 54.7 Å². The number of halogens is 1. The highest BCUT2D eigenvalue weighted by molar-refractivity contribution is 8.00. The van der Waals surface area contributed by atoms with E-state index in [1.54, 1.807) is 0 Å². The molecule has 1 atom stereocenters. The number of amides is 2. The SMILES string of the molecule is C[C@H]1CCCN(C(=O)CSCC(=O)N=c2sc3cc(Cl)ccc3n2C)C1. The Kier molecular flexibility index (Phi) is 6.42. The van der Waals surface area contributed by atoms with E-state index in [2.05, 4.69) is 11.9 Å². The molecule has 2 aromatic rings. The average molecular weight is 412 g/mol. The van der Waals surface area contributed by atoms with Crippen LogP contribution >= 0.6 is 34.7 Å². The van der Waals surface area contributed by atoms with Gasteiger partial charge in [0.2, 0.25) is 5.91 Å². The van der Waals surface area contributed by atoms with Crippen molar-refractivity contribution >= 4 is 56.7 Å². The summed E-state index contributed by atoms with van der Waals surface area (Å²) in [7, 11) is 1.88. The van der Waals surface area contributed by atoms with Gasteiger partial charge in [-0.1, -0.05) is 29.9 Å². The van der Waals surface area contributed by atoms with Crippen molar-refractivity contribution in [3.8, 4) is 0 Å². The van der Waals surface area contributed by atoms with E-state index in [9.17, 15) is 9.59 Å². The number of thioether (sulfide) groups is 1. The van der Waals surface area contributed by atoms with Crippen LogP contribution in [0.1, 0.15) is 19.8 Å². The average Bonchev–Trinajstić information content (AvgIpc) is 2.89. The van der Waals surface area contributed by atoms with Crippen LogP contribution in [-0.2, 0) is 16.6 Å². The number of hydrogen-bond donors (Lipinski definition) is 0. The minimum atomic E-state index is -0.219. The number of carbonyl (C=O) groups is 2. The molecule has 1 aliphatic rings. The number of thiazole rings is 1. The Balaban J connectivity index is 1.58. The molecular weight excluding hydrogens is 390 g/mol. The molecule has 0 bridgehead atoms. The fourth-order valence-corrected chi connectivity index (χ4v) is 5.10. The summed E-state index contributed by atoms with van der Waals surface area (Å²) in [5.41, 5.74) is 0.994. The Labute approximate surface area is 166 Å². The van der Waals surface area contributed by atoms with Crippen molar-refractivity contribution in [3.63, 3.8) is 0 Å². The quantitative estimate of drug-likeness (QED) is 0.775. The first kappa shape index (κ1) is 19.5. The van der Waals surface area contributed by atoms with Gasteiger partial charge in [0.15, 0.2) is 4.80 Å². The third kappa shape index (κ3) is 4.69. The third-order valence-corrected chi connectivity index (χ3v) is 6.68. The molecule has 0 spiro atoms. The van der Waals surface area contributed by atoms with Crippen molar-refractivity contribution in [1.82, 2.24) is 9.47 Å². The van der Waals surface area contributed by atoms with Crippen molar-refractivity contribution in [2.24, 2.45) is 18.0 Å². The minimum Gasteiger partial charge on any atom is -0.342 e. The smallest absolute Gasteiger partial charge is 0.258 e. The van der Waals surface area contributed by atoms with Crippen LogP contribution in [0.5, 0.6) is 0 Å². The lowest BCUT2D eigenvalue weighted by Crippen LogP contribution is -2.40. The first-order chi connectivity index (χ1) is 12.4. The largest absolute Gasteiger partial charge is 0.342 e. The van der Waals surface area contributed by atoms with Gasteiger partial charge in [0, 0.05) is 25.2 Å². The number of nitrogens with zero attached hydrogens (tertiary/aromatic N) is 3. The lowest BCUT2D eigenvalue weighted by atomic mass is 10.0. The first-order valence-corrected chi connectivity index (χ1v) is 11.0. The Morgan fingerprint density at radius 3 is 2.96 bits per heavy atom. The van der Waals surface area contributed by atoms with Gasteiger partial charge in [-0.2, -0.15) is 4.99 Å². The van der Waals surface area contributed by atoms with Crippen LogP contribution in [0, 0.1) is 5.92 Å². The van der Waals surface area contributed by atoms with Gasteiger partial charge in [0.05, 0.1) is 21.7 Å². The van der Waals surface area contributed by atoms with Gasteiger partial charge >= 0.3 is 0 Å². The van der Waals surface area contributed by atoms with Crippen LogP contribution in [0.4, 0.5) is 0 Å². The van der Waals surface area contributed by atoms with E-state index in [-0.39, 0.29) is 17.6 Å². The minimum absolute atomic E-state index is 0.122. The molecule has 1 fully saturated rings. The molecule has 0 radical (unpaired) electrons. The van der Waals surface area contributed by atoms with E-state index in [4.69, 9.17) is 11.6 Å². The molecule has 1 aromatic heterocycles. The van der Waals surface area contributed by atoms with Crippen molar-refractivity contribution in [1.29, 1.82) is 0 Å². The van der Waals surface area contributed by atoms with Crippen molar-refractivity contribution < 1.29 is 9.59 Å². The summed E-state index contributed by atoms with van der Waals surface area (Å²) in [5, 5.41) is 0.665. The Hall–Kier alpha value is -1.31. The Bertz CT molecular complexity index is 890. The third-order valence-electron chi connectivity index (χ3n) is 4.45. The molecule has 140 valence electrons. The number of aromatic nitrogens is 1. The molecule has 26 heavy (non-hydrogen) atoms. The van der Waals surface area contributed by atoms with Gasteiger partial charge in [0.25, 0.3) is 5.91 Å². The summed E-state index contributed by atoms with van der Waals surface area (Å²) in [5.74, 6) is 1.02. The second-order valence-corrected chi connectivity index (χ2v) is 9.07. The molecular formula is C18H22ClN3O2S2. The lowest BCUT2D eigenvalue weighted by Gasteiger charge is -2.30. The number of benzene rings is 1. The summed E-state index contributed by atoms with van der Waals surface area (Å²) < 4.78 is 2.88. The zero-order valence-corrected chi connectivity index (χ0v) is 17.3. The summed E-state index contributed by atoms with van der Waals surface area (Å²) >= 11 is 8.79. The molecule has 0 unspecified atom stereocenters. The van der Waals surface area contributed by atoms with Crippen LogP contribution in [0.25, 0.3) is 10.2 Å². The van der Waals surface area contributed by atoms with Gasteiger partial charge in [-0.3, -0.25) is 9.59 Å². The van der Waals surface area contributed by atoms with Crippen molar-refractivity contribution in [3.05, 3.63) is 28.0 Å². The monoisotopic (exact) mass is 411 g/mol. The number of aryl methyl sites for hydroxylation is 1. The van der Waals surface area contributed by atoms with Crippen LogP contribution in [0.3, 0.4) is 0 Å². The van der Waals surface area contributed by atoms with Gasteiger partial charge in [-0.15, -0.1) is 11.8 Å². The number of fused-ring (bicyclic) bond motifs is 1. The van der Waals surface area contributed by atoms with E-state index >= 15 is 0 Å². The molecule has 1 saturated heterocycles. The summed E-state index contributed by atoms with van der Waals surface area (Å²) in [6.45, 7) is 3.84. The molecule has 5 nitrogen and oxygen atoms in total. The molecule has 1 aromatic carbocycles. The van der Waals surface area contributed by atoms with Crippen LogP contribution in [0.15, 0.2) is 23.2 Å². The predicted octanol–water partition coefficient (Wildman–Crippen LogP) is 3.31. The number of carbonyl (C=O) groups excluding carboxylic acids is 2. The summed E-state index contributed by atoms with van der Waals surface area (Å²) in [4.78, 5) is 31.2. The maximum absolute atomic E-state index is 12.2. The van der Waals surface area contributed by atoms with Crippen LogP contribution in [0.2, 0.25) is 5.02 Å². The van der Waals surface area contributed by atoms with Crippen molar-refractivity contribution in [2.75, 3.05) is 24.6 Å². The van der Waals surface area contributed by atoms with Crippen LogP contribution in [-0.4, -0.2) is 45.9 Å². The maximum atomic E-state index is 12.2. The number of likely N-dealkylation sites (tertiary alicyclic amines) is 1. The van der Waals surface area contributed by atoms with E-state index < -0.39 is 0 Å². The number of hydrogen-bond acceptors (Lipinski definition) is 4. The lowest BCUT2D eigenvalue weighted by molar-refractivity contribution is -0.130. The highest BCUT2D eigenvalue weighted by Gasteiger charge is 2.20. The fourth-order valence-electron chi connectivity index (χ4n) is 3.09. The van der Waals surface area contributed by atoms with Gasteiger partial charge in [0.1, 0.15) is 0 Å². The maximum Gasteiger partial charge on any atom is 0.258 e. The highest BCUT2D eigenvalue weighted by Crippen LogP contribution is 2.21. The molecule has 2 heterocycles. The Morgan fingerprint density at radius 1 is 1.38 bits per heavy atom. The van der Waals surface area contributed by atoms with Gasteiger partial charge in [-0.25, -0.2) is 0 Å².